The Morgan fingerprint density at radius 1 is 1.00 bits per heavy atom. The summed E-state index contributed by atoms with van der Waals surface area (Å²) in [5.74, 6) is -2.94. The van der Waals surface area contributed by atoms with Gasteiger partial charge in [-0.25, -0.2) is 0 Å². The van der Waals surface area contributed by atoms with Crippen molar-refractivity contribution in [3.05, 3.63) is 39.9 Å². The van der Waals surface area contributed by atoms with Crippen molar-refractivity contribution in [3.8, 4) is 0 Å². The third-order valence-corrected chi connectivity index (χ3v) is 4.96. The lowest BCUT2D eigenvalue weighted by Gasteiger charge is -2.20. The van der Waals surface area contributed by atoms with E-state index in [-0.39, 0.29) is 35.7 Å². The highest BCUT2D eigenvalue weighted by molar-refractivity contribution is 6.08. The van der Waals surface area contributed by atoms with Gasteiger partial charge in [0.05, 0.1) is 11.5 Å². The van der Waals surface area contributed by atoms with Crippen LogP contribution in [0.5, 0.6) is 0 Å². The number of esters is 1. The molecule has 0 atom stereocenters. The molecule has 36 heavy (non-hydrogen) atoms. The lowest BCUT2D eigenvalue weighted by molar-refractivity contribution is -0.384. The van der Waals surface area contributed by atoms with Gasteiger partial charge in [0, 0.05) is 17.7 Å². The van der Waals surface area contributed by atoms with Crippen LogP contribution in [0.2, 0.25) is 0 Å². The molecule has 0 aliphatic heterocycles. The third kappa shape index (κ3) is 9.12. The molecule has 14 nitrogen and oxygen atoms in total. The Hall–Kier alpha value is -4.36. The van der Waals surface area contributed by atoms with E-state index in [0.29, 0.717) is 0 Å². The van der Waals surface area contributed by atoms with Gasteiger partial charge in [-0.05, 0) is 18.6 Å². The zero-order valence-electron chi connectivity index (χ0n) is 20.0. The number of aromatic nitrogens is 3. The Kier molecular flexibility index (Phi) is 10.9. The van der Waals surface area contributed by atoms with E-state index in [2.05, 4.69) is 27.2 Å². The number of rotatable bonds is 14. The molecule has 0 fully saturated rings. The van der Waals surface area contributed by atoms with Gasteiger partial charge in [-0.3, -0.25) is 29.4 Å². The van der Waals surface area contributed by atoms with Crippen molar-refractivity contribution in [1.29, 1.82) is 0 Å². The van der Waals surface area contributed by atoms with Crippen LogP contribution in [-0.4, -0.2) is 57.4 Å². The van der Waals surface area contributed by atoms with Crippen molar-refractivity contribution in [3.63, 3.8) is 0 Å². The van der Waals surface area contributed by atoms with E-state index in [4.69, 9.17) is 16.2 Å². The number of nitrogens with two attached hydrogens (primary N) is 2. The van der Waals surface area contributed by atoms with Gasteiger partial charge < -0.3 is 21.5 Å². The molecule has 0 spiro atoms. The molecule has 0 bridgehead atoms. The van der Waals surface area contributed by atoms with E-state index in [1.807, 2.05) is 0 Å². The molecular weight excluding hydrogens is 472 g/mol. The molecule has 2 amide bonds. The molecule has 1 heterocycles. The normalized spacial score (nSPS) is 10.5. The molecule has 0 unspecified atom stereocenters. The fourth-order valence-electron chi connectivity index (χ4n) is 3.12. The lowest BCUT2D eigenvalue weighted by Crippen LogP contribution is -2.43. The number of nitro benzene ring substituents is 1. The van der Waals surface area contributed by atoms with Crippen molar-refractivity contribution in [1.82, 2.24) is 20.3 Å². The Bertz CT molecular complexity index is 1040. The predicted molar refractivity (Wildman–Crippen MR) is 131 cm³/mol. The fourth-order valence-corrected chi connectivity index (χ4v) is 3.12. The van der Waals surface area contributed by atoms with Crippen LogP contribution in [0.4, 0.5) is 23.5 Å². The lowest BCUT2D eigenvalue weighted by atomic mass is 10.1. The molecule has 1 aromatic carbocycles. The molecule has 5 N–H and O–H groups in total. The molecule has 0 saturated carbocycles. The number of nitrogen functional groups attached to an aromatic ring is 2. The smallest absolute Gasteiger partial charge is 0.325 e. The van der Waals surface area contributed by atoms with Crippen molar-refractivity contribution in [2.24, 2.45) is 0 Å². The first-order valence-corrected chi connectivity index (χ1v) is 11.5. The molecule has 0 aliphatic carbocycles. The van der Waals surface area contributed by atoms with Crippen molar-refractivity contribution >= 4 is 41.3 Å². The molecule has 0 saturated heterocycles. The van der Waals surface area contributed by atoms with Crippen molar-refractivity contribution in [2.75, 3.05) is 36.1 Å². The maximum Gasteiger partial charge on any atom is 0.325 e. The zero-order chi connectivity index (χ0) is 26.5. The summed E-state index contributed by atoms with van der Waals surface area (Å²) in [5, 5.41) is 13.3. The number of carbonyl (C=O) groups excluding carboxylic acids is 3. The first kappa shape index (κ1) is 27.9. The van der Waals surface area contributed by atoms with Gasteiger partial charge in [0.1, 0.15) is 13.1 Å². The van der Waals surface area contributed by atoms with Gasteiger partial charge in [-0.1, -0.05) is 39.0 Å². The first-order chi connectivity index (χ1) is 17.2. The number of ether oxygens (including phenoxy) is 1. The summed E-state index contributed by atoms with van der Waals surface area (Å²) in [6.07, 6.45) is 6.25. The summed E-state index contributed by atoms with van der Waals surface area (Å²) in [6, 6.07) is 4.72. The molecule has 0 aliphatic rings. The number of non-ortho nitro benzene ring substituents is 1. The van der Waals surface area contributed by atoms with Crippen LogP contribution in [0.15, 0.2) is 24.3 Å². The van der Waals surface area contributed by atoms with Gasteiger partial charge >= 0.3 is 5.97 Å². The van der Waals surface area contributed by atoms with E-state index in [1.54, 1.807) is 0 Å². The Labute approximate surface area is 207 Å². The maximum absolute atomic E-state index is 13.1. The average molecular weight is 503 g/mol. The van der Waals surface area contributed by atoms with Gasteiger partial charge in [0.15, 0.2) is 0 Å². The van der Waals surface area contributed by atoms with Crippen LogP contribution in [0.1, 0.15) is 55.8 Å². The Balaban J connectivity index is 2.00. The second-order valence-corrected chi connectivity index (χ2v) is 7.81. The highest BCUT2D eigenvalue weighted by Crippen LogP contribution is 2.17. The summed E-state index contributed by atoms with van der Waals surface area (Å²) in [4.78, 5) is 60.0. The van der Waals surface area contributed by atoms with E-state index in [9.17, 15) is 24.5 Å². The Morgan fingerprint density at radius 3 is 2.22 bits per heavy atom. The number of unbranched alkanes of at least 4 members (excludes halogenated alkanes) is 5. The van der Waals surface area contributed by atoms with Crippen LogP contribution in [0.3, 0.4) is 0 Å². The fraction of sp³-hybridized carbons (Fsp3) is 0.455. The number of nitrogens with one attached hydrogen (secondary N) is 1. The average Bonchev–Trinajstić information content (AvgIpc) is 2.84. The van der Waals surface area contributed by atoms with Gasteiger partial charge in [0.25, 0.3) is 11.6 Å². The number of hydrogen-bond donors (Lipinski definition) is 3. The van der Waals surface area contributed by atoms with Crippen LogP contribution in [-0.2, 0) is 14.3 Å². The highest BCUT2D eigenvalue weighted by atomic mass is 16.6. The third-order valence-electron chi connectivity index (χ3n) is 4.96. The zero-order valence-corrected chi connectivity index (χ0v) is 20.0. The number of benzene rings is 1. The minimum absolute atomic E-state index is 0.0179. The second kappa shape index (κ2) is 14.1. The number of nitrogens with zero attached hydrogens (tertiary/aromatic N) is 5. The molecule has 2 rings (SSSR count). The van der Waals surface area contributed by atoms with Crippen LogP contribution < -0.4 is 21.7 Å². The van der Waals surface area contributed by atoms with E-state index < -0.39 is 35.8 Å². The van der Waals surface area contributed by atoms with Gasteiger partial charge in [-0.2, -0.15) is 15.0 Å². The first-order valence-electron chi connectivity index (χ1n) is 11.5. The molecule has 1 aromatic heterocycles. The molecule has 0 radical (unpaired) electrons. The maximum atomic E-state index is 13.1. The number of nitro groups is 1. The van der Waals surface area contributed by atoms with E-state index in [1.165, 1.54) is 18.6 Å². The standard InChI is InChI=1S/C22H30N8O6/c1-2-3-4-5-6-7-12-36-18(32)13-25-17(31)14-29(22-27-20(23)26-21(24)28-22)19(33)15-8-10-16(11-9-15)30(34)35/h8-11H,2-7,12-14H2,1H3,(H,25,31)(H4,23,24,26,27,28). The second-order valence-electron chi connectivity index (χ2n) is 7.81. The molecular formula is C22H30N8O6. The number of carbonyl (C=O) groups is 3. The van der Waals surface area contributed by atoms with Crippen LogP contribution in [0.25, 0.3) is 0 Å². The van der Waals surface area contributed by atoms with Gasteiger partial charge in [0.2, 0.25) is 23.8 Å². The minimum Gasteiger partial charge on any atom is -0.464 e. The number of hydrogen-bond acceptors (Lipinski definition) is 11. The van der Waals surface area contributed by atoms with E-state index >= 15 is 0 Å². The van der Waals surface area contributed by atoms with E-state index in [0.717, 1.165) is 49.1 Å². The van der Waals surface area contributed by atoms with Crippen LogP contribution in [0, 0.1) is 10.1 Å². The topological polar surface area (TPSA) is 210 Å². The summed E-state index contributed by atoms with van der Waals surface area (Å²) >= 11 is 0. The molecule has 14 heteroatoms. The van der Waals surface area contributed by atoms with Crippen molar-refractivity contribution < 1.29 is 24.0 Å². The monoisotopic (exact) mass is 502 g/mol. The summed E-state index contributed by atoms with van der Waals surface area (Å²) in [7, 11) is 0. The minimum atomic E-state index is -0.754. The van der Waals surface area contributed by atoms with Crippen LogP contribution >= 0.6 is 0 Å². The quantitative estimate of drug-likeness (QED) is 0.146. The summed E-state index contributed by atoms with van der Waals surface area (Å²) < 4.78 is 5.11. The number of amides is 2. The highest BCUT2D eigenvalue weighted by Gasteiger charge is 2.25. The predicted octanol–water partition coefficient (Wildman–Crippen LogP) is 1.61. The summed E-state index contributed by atoms with van der Waals surface area (Å²) in [5.41, 5.74) is 11.0. The summed E-state index contributed by atoms with van der Waals surface area (Å²) in [6.45, 7) is 1.41. The molecule has 2 aromatic rings. The SMILES string of the molecule is CCCCCCCCOC(=O)CNC(=O)CN(C(=O)c1ccc([N+](=O)[O-])cc1)c1nc(N)nc(N)n1. The Morgan fingerprint density at radius 2 is 1.61 bits per heavy atom. The number of anilines is 3. The molecule has 194 valence electrons. The largest absolute Gasteiger partial charge is 0.464 e. The van der Waals surface area contributed by atoms with Gasteiger partial charge in [-0.15, -0.1) is 0 Å². The van der Waals surface area contributed by atoms with Crippen molar-refractivity contribution in [2.45, 2.75) is 45.4 Å².